The molecule has 0 radical (unpaired) electrons. The van der Waals surface area contributed by atoms with Gasteiger partial charge in [-0.3, -0.25) is 9.59 Å². The van der Waals surface area contributed by atoms with Crippen molar-refractivity contribution in [2.24, 2.45) is 0 Å². The Morgan fingerprint density at radius 1 is 1.28 bits per heavy atom. The van der Waals surface area contributed by atoms with Gasteiger partial charge >= 0.3 is 0 Å². The lowest BCUT2D eigenvalue weighted by atomic mass is 10.1. The summed E-state index contributed by atoms with van der Waals surface area (Å²) in [4.78, 5) is 33.1. The third-order valence-electron chi connectivity index (χ3n) is 4.11. The molecule has 3 aromatic rings. The Morgan fingerprint density at radius 3 is 2.96 bits per heavy atom. The van der Waals surface area contributed by atoms with Crippen LogP contribution in [0.4, 0.5) is 0 Å². The largest absolute Gasteiger partial charge is 0.367 e. The summed E-state index contributed by atoms with van der Waals surface area (Å²) in [6.07, 6.45) is -0.457. The number of carbonyl (C=O) groups excluding carboxylic acids is 1. The van der Waals surface area contributed by atoms with Gasteiger partial charge in [0.25, 0.3) is 11.5 Å². The predicted octanol–water partition coefficient (Wildman–Crippen LogP) is 0.563. The Bertz CT molecular complexity index is 995. The smallest absolute Gasteiger partial charge is 0.254 e. The van der Waals surface area contributed by atoms with Crippen LogP contribution in [0.3, 0.4) is 0 Å². The fourth-order valence-corrected chi connectivity index (χ4v) is 2.91. The molecule has 0 unspecified atom stereocenters. The van der Waals surface area contributed by atoms with E-state index in [1.165, 1.54) is 6.07 Å². The number of ether oxygens (including phenoxy) is 1. The zero-order chi connectivity index (χ0) is 17.4. The molecule has 1 saturated heterocycles. The van der Waals surface area contributed by atoms with Gasteiger partial charge in [0.1, 0.15) is 23.0 Å². The van der Waals surface area contributed by atoms with Crippen LogP contribution < -0.4 is 5.56 Å². The van der Waals surface area contributed by atoms with Crippen LogP contribution in [0.25, 0.3) is 11.0 Å². The number of amides is 1. The molecular weight excluding hydrogens is 324 g/mol. The fourth-order valence-electron chi connectivity index (χ4n) is 2.91. The van der Waals surface area contributed by atoms with Gasteiger partial charge in [-0.25, -0.2) is 4.98 Å². The van der Waals surface area contributed by atoms with E-state index in [1.54, 1.807) is 30.0 Å². The first kappa shape index (κ1) is 15.5. The van der Waals surface area contributed by atoms with E-state index in [2.05, 4.69) is 25.4 Å². The van der Waals surface area contributed by atoms with Gasteiger partial charge in [0.05, 0.1) is 13.2 Å². The van der Waals surface area contributed by atoms with E-state index in [-0.39, 0.29) is 11.5 Å². The van der Waals surface area contributed by atoms with Crippen LogP contribution in [0.5, 0.6) is 0 Å². The zero-order valence-corrected chi connectivity index (χ0v) is 13.5. The minimum absolute atomic E-state index is 0.117. The van der Waals surface area contributed by atoms with Gasteiger partial charge in [0, 0.05) is 23.9 Å². The van der Waals surface area contributed by atoms with Gasteiger partial charge in [-0.05, 0) is 25.1 Å². The number of rotatable bonds is 2. The minimum atomic E-state index is -0.457. The molecule has 0 bridgehead atoms. The Hall–Kier alpha value is -3.07. The topological polar surface area (TPSA) is 117 Å². The number of H-pyrrole nitrogens is 2. The van der Waals surface area contributed by atoms with Gasteiger partial charge in [-0.1, -0.05) is 0 Å². The molecule has 1 aliphatic rings. The first-order valence-corrected chi connectivity index (χ1v) is 7.89. The summed E-state index contributed by atoms with van der Waals surface area (Å²) < 4.78 is 5.69. The van der Waals surface area contributed by atoms with Gasteiger partial charge in [-0.15, -0.1) is 0 Å². The summed E-state index contributed by atoms with van der Waals surface area (Å²) in [5.41, 5.74) is 2.26. The van der Waals surface area contributed by atoms with Crippen LogP contribution in [-0.4, -0.2) is 55.9 Å². The number of aryl methyl sites for hydroxylation is 1. The molecule has 1 fully saturated rings. The first-order chi connectivity index (χ1) is 12.1. The Morgan fingerprint density at radius 2 is 2.12 bits per heavy atom. The SMILES string of the molecule is Cc1cc(=O)[nH]c([C@H]2CN(C(=O)c3ccc4n[nH]nc4c3)CCO2)n1. The van der Waals surface area contributed by atoms with Crippen molar-refractivity contribution in [3.63, 3.8) is 0 Å². The molecule has 1 aromatic carbocycles. The number of hydrogen-bond acceptors (Lipinski definition) is 6. The lowest BCUT2D eigenvalue weighted by Gasteiger charge is -2.32. The maximum Gasteiger partial charge on any atom is 0.254 e. The number of carbonyl (C=O) groups is 1. The van der Waals surface area contributed by atoms with Gasteiger partial charge in [-0.2, -0.15) is 15.4 Å². The molecule has 1 aliphatic heterocycles. The van der Waals surface area contributed by atoms with E-state index in [0.717, 1.165) is 0 Å². The highest BCUT2D eigenvalue weighted by Gasteiger charge is 2.28. The van der Waals surface area contributed by atoms with E-state index >= 15 is 0 Å². The first-order valence-electron chi connectivity index (χ1n) is 7.89. The number of morpholine rings is 1. The third-order valence-corrected chi connectivity index (χ3v) is 4.11. The highest BCUT2D eigenvalue weighted by Crippen LogP contribution is 2.21. The standard InChI is InChI=1S/C16H16N6O3/c1-9-6-14(23)18-15(17-9)13-8-22(4-5-25-13)16(24)10-2-3-11-12(7-10)20-21-19-11/h2-3,6-7,13H,4-5,8H2,1H3,(H,17,18,23)(H,19,20,21)/t13-/m1/s1. The van der Waals surface area contributed by atoms with Crippen molar-refractivity contribution in [1.29, 1.82) is 0 Å². The average Bonchev–Trinajstić information content (AvgIpc) is 3.08. The van der Waals surface area contributed by atoms with E-state index in [9.17, 15) is 9.59 Å². The molecular formula is C16H16N6O3. The van der Waals surface area contributed by atoms with Crippen LogP contribution in [0, 0.1) is 6.92 Å². The molecule has 2 aromatic heterocycles. The molecule has 0 saturated carbocycles. The van der Waals surface area contributed by atoms with Crippen molar-refractivity contribution in [2.75, 3.05) is 19.7 Å². The molecule has 4 rings (SSSR count). The monoisotopic (exact) mass is 340 g/mol. The number of aromatic nitrogens is 5. The molecule has 9 heteroatoms. The van der Waals surface area contributed by atoms with E-state index in [4.69, 9.17) is 4.74 Å². The van der Waals surface area contributed by atoms with Crippen LogP contribution in [0.1, 0.15) is 28.0 Å². The highest BCUT2D eigenvalue weighted by atomic mass is 16.5. The molecule has 25 heavy (non-hydrogen) atoms. The number of nitrogens with zero attached hydrogens (tertiary/aromatic N) is 4. The van der Waals surface area contributed by atoms with Crippen molar-refractivity contribution in [3.05, 3.63) is 51.7 Å². The number of benzene rings is 1. The van der Waals surface area contributed by atoms with Crippen molar-refractivity contribution in [3.8, 4) is 0 Å². The molecule has 1 atom stereocenters. The average molecular weight is 340 g/mol. The van der Waals surface area contributed by atoms with E-state index < -0.39 is 6.10 Å². The molecule has 3 heterocycles. The summed E-state index contributed by atoms with van der Waals surface area (Å²) in [5.74, 6) is 0.322. The van der Waals surface area contributed by atoms with Crippen LogP contribution >= 0.6 is 0 Å². The number of aromatic amines is 2. The van der Waals surface area contributed by atoms with Crippen LogP contribution in [0.2, 0.25) is 0 Å². The normalized spacial score (nSPS) is 17.8. The molecule has 1 amide bonds. The Kier molecular flexibility index (Phi) is 3.77. The molecule has 2 N–H and O–H groups in total. The summed E-state index contributed by atoms with van der Waals surface area (Å²) in [5, 5.41) is 10.5. The molecule has 9 nitrogen and oxygen atoms in total. The highest BCUT2D eigenvalue weighted by molar-refractivity contribution is 5.97. The summed E-state index contributed by atoms with van der Waals surface area (Å²) in [6.45, 7) is 2.92. The van der Waals surface area contributed by atoms with Crippen molar-refractivity contribution in [2.45, 2.75) is 13.0 Å². The van der Waals surface area contributed by atoms with E-state index in [1.807, 2.05) is 0 Å². The van der Waals surface area contributed by atoms with E-state index in [0.29, 0.717) is 47.8 Å². The second-order valence-corrected chi connectivity index (χ2v) is 5.91. The van der Waals surface area contributed by atoms with Crippen LogP contribution in [0.15, 0.2) is 29.1 Å². The van der Waals surface area contributed by atoms with Crippen molar-refractivity contribution in [1.82, 2.24) is 30.3 Å². The quantitative estimate of drug-likeness (QED) is 0.704. The molecule has 0 spiro atoms. The van der Waals surface area contributed by atoms with Crippen molar-refractivity contribution < 1.29 is 9.53 Å². The lowest BCUT2D eigenvalue weighted by Crippen LogP contribution is -2.43. The second-order valence-electron chi connectivity index (χ2n) is 5.91. The summed E-state index contributed by atoms with van der Waals surface area (Å²) in [6, 6.07) is 6.61. The Labute approximate surface area is 142 Å². The van der Waals surface area contributed by atoms with Crippen molar-refractivity contribution >= 4 is 16.9 Å². The maximum atomic E-state index is 12.8. The number of hydrogen-bond donors (Lipinski definition) is 2. The zero-order valence-electron chi connectivity index (χ0n) is 13.5. The number of fused-ring (bicyclic) bond motifs is 1. The predicted molar refractivity (Wildman–Crippen MR) is 88.1 cm³/mol. The Balaban J connectivity index is 1.57. The molecule has 0 aliphatic carbocycles. The van der Waals surface area contributed by atoms with Gasteiger partial charge < -0.3 is 14.6 Å². The maximum absolute atomic E-state index is 12.8. The minimum Gasteiger partial charge on any atom is -0.367 e. The lowest BCUT2D eigenvalue weighted by molar-refractivity contribution is -0.0269. The third kappa shape index (κ3) is 3.01. The van der Waals surface area contributed by atoms with Gasteiger partial charge in [0.15, 0.2) is 0 Å². The summed E-state index contributed by atoms with van der Waals surface area (Å²) >= 11 is 0. The fraction of sp³-hybridized carbons (Fsp3) is 0.312. The second kappa shape index (κ2) is 6.10. The molecule has 128 valence electrons. The summed E-state index contributed by atoms with van der Waals surface area (Å²) in [7, 11) is 0. The van der Waals surface area contributed by atoms with Gasteiger partial charge in [0.2, 0.25) is 0 Å². The van der Waals surface area contributed by atoms with Crippen LogP contribution in [-0.2, 0) is 4.74 Å². The number of nitrogens with one attached hydrogen (secondary N) is 2.